The summed E-state index contributed by atoms with van der Waals surface area (Å²) >= 11 is 0. The molecule has 0 saturated heterocycles. The highest BCUT2D eigenvalue weighted by Gasteiger charge is 2.31. The van der Waals surface area contributed by atoms with Gasteiger partial charge in [0.05, 0.1) is 11.6 Å². The molecule has 3 aromatic rings. The maximum absolute atomic E-state index is 13.1. The van der Waals surface area contributed by atoms with Crippen LogP contribution in [-0.2, 0) is 16.0 Å². The first-order chi connectivity index (χ1) is 14.5. The minimum Gasteiger partial charge on any atom is -0.475 e. The van der Waals surface area contributed by atoms with Crippen molar-refractivity contribution in [3.8, 4) is 11.3 Å². The number of Topliss-reactive ketones (excluding diaryl/α,β-unsaturated/α-hetero) is 1. The molecule has 1 heterocycles. The Morgan fingerprint density at radius 3 is 2.27 bits per heavy atom. The first-order valence-electron chi connectivity index (χ1n) is 9.79. The lowest BCUT2D eigenvalue weighted by Gasteiger charge is -2.16. The van der Waals surface area contributed by atoms with Crippen molar-refractivity contribution in [1.29, 1.82) is 0 Å². The average Bonchev–Trinajstić information content (AvgIpc) is 3.52. The van der Waals surface area contributed by atoms with Crippen LogP contribution < -0.4 is 5.32 Å². The summed E-state index contributed by atoms with van der Waals surface area (Å²) in [5.74, 6) is -3.15. The summed E-state index contributed by atoms with van der Waals surface area (Å²) < 4.78 is 1.78. The maximum Gasteiger partial charge on any atom is 0.374 e. The van der Waals surface area contributed by atoms with Crippen LogP contribution in [0.1, 0.15) is 34.8 Å². The lowest BCUT2D eigenvalue weighted by molar-refractivity contribution is -0.149. The van der Waals surface area contributed by atoms with Gasteiger partial charge < -0.3 is 10.4 Å². The van der Waals surface area contributed by atoms with Crippen LogP contribution in [0.2, 0.25) is 0 Å². The Hall–Kier alpha value is -3.74. The number of ketones is 1. The molecule has 0 aliphatic heterocycles. The van der Waals surface area contributed by atoms with Gasteiger partial charge in [0, 0.05) is 18.2 Å². The smallest absolute Gasteiger partial charge is 0.374 e. The zero-order valence-corrected chi connectivity index (χ0v) is 16.2. The molecule has 1 fully saturated rings. The number of aromatic nitrogens is 2. The Morgan fingerprint density at radius 2 is 1.67 bits per heavy atom. The van der Waals surface area contributed by atoms with Crippen LogP contribution >= 0.6 is 0 Å². The summed E-state index contributed by atoms with van der Waals surface area (Å²) in [5.41, 5.74) is 2.38. The second-order valence-corrected chi connectivity index (χ2v) is 7.35. The highest BCUT2D eigenvalue weighted by molar-refractivity contribution is 6.35. The van der Waals surface area contributed by atoms with Gasteiger partial charge in [-0.25, -0.2) is 4.79 Å². The third-order valence-corrected chi connectivity index (χ3v) is 5.06. The number of carbonyl (C=O) groups excluding carboxylic acids is 2. The van der Waals surface area contributed by atoms with Crippen molar-refractivity contribution < 1.29 is 19.5 Å². The molecule has 30 heavy (non-hydrogen) atoms. The molecule has 1 aliphatic carbocycles. The van der Waals surface area contributed by atoms with Gasteiger partial charge in [-0.15, -0.1) is 0 Å². The average molecular weight is 403 g/mol. The van der Waals surface area contributed by atoms with Crippen molar-refractivity contribution >= 4 is 17.7 Å². The predicted molar refractivity (Wildman–Crippen MR) is 110 cm³/mol. The van der Waals surface area contributed by atoms with Crippen molar-refractivity contribution in [2.45, 2.75) is 31.3 Å². The summed E-state index contributed by atoms with van der Waals surface area (Å²) in [4.78, 5) is 36.7. The van der Waals surface area contributed by atoms with E-state index in [1.54, 1.807) is 35.1 Å². The number of rotatable bonds is 8. The van der Waals surface area contributed by atoms with Crippen LogP contribution in [0.5, 0.6) is 0 Å². The fourth-order valence-electron chi connectivity index (χ4n) is 3.34. The third-order valence-electron chi connectivity index (χ3n) is 5.06. The maximum atomic E-state index is 13.1. The fraction of sp³-hybridized carbons (Fsp3) is 0.217. The molecule has 0 radical (unpaired) electrons. The van der Waals surface area contributed by atoms with Gasteiger partial charge in [-0.1, -0.05) is 60.7 Å². The third kappa shape index (κ3) is 4.30. The van der Waals surface area contributed by atoms with Crippen LogP contribution in [0.25, 0.3) is 11.3 Å². The van der Waals surface area contributed by atoms with Crippen molar-refractivity contribution in [2.24, 2.45) is 0 Å². The van der Waals surface area contributed by atoms with Crippen molar-refractivity contribution in [3.05, 3.63) is 78.0 Å². The van der Waals surface area contributed by atoms with E-state index < -0.39 is 23.7 Å². The van der Waals surface area contributed by atoms with Crippen molar-refractivity contribution in [2.75, 3.05) is 0 Å². The summed E-state index contributed by atoms with van der Waals surface area (Å²) in [6.07, 6.45) is 3.78. The van der Waals surface area contributed by atoms with Gasteiger partial charge in [0.2, 0.25) is 0 Å². The Bertz CT molecular complexity index is 1070. The molecular weight excluding hydrogens is 382 g/mol. The number of amides is 1. The van der Waals surface area contributed by atoms with Gasteiger partial charge in [0.15, 0.2) is 0 Å². The van der Waals surface area contributed by atoms with Crippen LogP contribution in [0.3, 0.4) is 0 Å². The lowest BCUT2D eigenvalue weighted by Crippen LogP contribution is -2.45. The molecule has 2 N–H and O–H groups in total. The molecule has 1 unspecified atom stereocenters. The van der Waals surface area contributed by atoms with Crippen LogP contribution in [0, 0.1) is 0 Å². The van der Waals surface area contributed by atoms with Crippen LogP contribution in [0.15, 0.2) is 66.9 Å². The van der Waals surface area contributed by atoms with Crippen molar-refractivity contribution in [3.63, 3.8) is 0 Å². The van der Waals surface area contributed by atoms with E-state index in [0.717, 1.165) is 24.0 Å². The second kappa shape index (κ2) is 8.32. The number of carboxylic acid groups (broad SMARTS) is 1. The molecule has 1 aliphatic rings. The Balaban J connectivity index is 1.63. The normalized spacial score (nSPS) is 14.1. The molecular formula is C23H21N3O4. The molecule has 152 valence electrons. The topological polar surface area (TPSA) is 101 Å². The van der Waals surface area contributed by atoms with E-state index in [1.165, 1.54) is 0 Å². The van der Waals surface area contributed by atoms with E-state index in [1.807, 2.05) is 36.4 Å². The number of nitrogens with one attached hydrogen (secondary N) is 1. The molecule has 1 aromatic heterocycles. The minimum atomic E-state index is -1.58. The molecule has 4 rings (SSSR count). The summed E-state index contributed by atoms with van der Waals surface area (Å²) in [6, 6.07) is 17.4. The van der Waals surface area contributed by atoms with Gasteiger partial charge in [-0.3, -0.25) is 14.3 Å². The summed E-state index contributed by atoms with van der Waals surface area (Å²) in [5, 5.41) is 16.4. The molecule has 0 spiro atoms. The first-order valence-corrected chi connectivity index (χ1v) is 9.79. The number of aliphatic carboxylic acids is 1. The Kier molecular flexibility index (Phi) is 5.43. The molecule has 2 aromatic carbocycles. The molecule has 7 nitrogen and oxygen atoms in total. The summed E-state index contributed by atoms with van der Waals surface area (Å²) in [7, 11) is 0. The number of hydrogen-bond donors (Lipinski definition) is 2. The zero-order chi connectivity index (χ0) is 21.1. The molecule has 0 bridgehead atoms. The quantitative estimate of drug-likeness (QED) is 0.563. The van der Waals surface area contributed by atoms with E-state index in [4.69, 9.17) is 0 Å². The SMILES string of the molecule is O=C(O)C(=O)C(Cc1ccccc1)NC(=O)c1cn(C2CC2)nc1-c1ccccc1. The largest absolute Gasteiger partial charge is 0.475 e. The van der Waals surface area contributed by atoms with E-state index in [9.17, 15) is 19.5 Å². The highest BCUT2D eigenvalue weighted by Crippen LogP contribution is 2.36. The van der Waals surface area contributed by atoms with Gasteiger partial charge >= 0.3 is 5.97 Å². The molecule has 1 amide bonds. The van der Waals surface area contributed by atoms with E-state index in [-0.39, 0.29) is 12.5 Å². The lowest BCUT2D eigenvalue weighted by atomic mass is 10.0. The molecule has 7 heteroatoms. The van der Waals surface area contributed by atoms with E-state index in [2.05, 4.69) is 10.4 Å². The monoisotopic (exact) mass is 403 g/mol. The first kappa shape index (κ1) is 19.6. The molecule has 1 atom stereocenters. The number of nitrogens with zero attached hydrogens (tertiary/aromatic N) is 2. The standard InChI is InChI=1S/C23H21N3O4/c27-21(23(29)30)19(13-15-7-3-1-4-8-15)24-22(28)18-14-26(17-11-12-17)25-20(18)16-9-5-2-6-10-16/h1-10,14,17,19H,11-13H2,(H,24,28)(H,29,30). The number of hydrogen-bond acceptors (Lipinski definition) is 4. The number of benzene rings is 2. The van der Waals surface area contributed by atoms with Gasteiger partial charge in [0.1, 0.15) is 11.7 Å². The number of carbonyl (C=O) groups is 3. The minimum absolute atomic E-state index is 0.0924. The number of carboxylic acids is 1. The Labute approximate surface area is 173 Å². The summed E-state index contributed by atoms with van der Waals surface area (Å²) in [6.45, 7) is 0. The zero-order valence-electron chi connectivity index (χ0n) is 16.2. The second-order valence-electron chi connectivity index (χ2n) is 7.35. The van der Waals surface area contributed by atoms with E-state index >= 15 is 0 Å². The van der Waals surface area contributed by atoms with E-state index in [0.29, 0.717) is 11.3 Å². The van der Waals surface area contributed by atoms with Gasteiger partial charge in [-0.2, -0.15) is 5.10 Å². The van der Waals surface area contributed by atoms with Crippen LogP contribution in [0.4, 0.5) is 0 Å². The van der Waals surface area contributed by atoms with Crippen LogP contribution in [-0.4, -0.2) is 38.6 Å². The van der Waals surface area contributed by atoms with Gasteiger partial charge in [0.25, 0.3) is 11.7 Å². The highest BCUT2D eigenvalue weighted by atomic mass is 16.4. The molecule has 1 saturated carbocycles. The van der Waals surface area contributed by atoms with Gasteiger partial charge in [-0.05, 0) is 18.4 Å². The van der Waals surface area contributed by atoms with Crippen molar-refractivity contribution in [1.82, 2.24) is 15.1 Å². The predicted octanol–water partition coefficient (Wildman–Crippen LogP) is 2.88. The fourth-order valence-corrected chi connectivity index (χ4v) is 3.34. The Morgan fingerprint density at radius 1 is 1.03 bits per heavy atom.